The van der Waals surface area contributed by atoms with Crippen molar-refractivity contribution in [3.8, 4) is 0 Å². The molecule has 0 rings (SSSR count). The standard InChI is InChI=1S/C26H44N2O4S/c1-17(16-22(28)18(2)12-9-15-33-21(5)27)10-8-11-19(3)24(31)20(4)25(32)26(6,7)23(30)13-14-29/h9,12,14-16,19-20,22-24,27,30-31H,8,10-11,13,28H2,1-7H3/b15-9+,17-16-,18-12+,27-21?. The number of rotatable bonds is 15. The molecule has 0 aliphatic rings. The highest BCUT2D eigenvalue weighted by molar-refractivity contribution is 8.16. The number of carbonyl (C=O) groups is 2. The van der Waals surface area contributed by atoms with Gasteiger partial charge in [-0.15, -0.1) is 0 Å². The van der Waals surface area contributed by atoms with Crippen molar-refractivity contribution in [1.82, 2.24) is 0 Å². The first-order valence-electron chi connectivity index (χ1n) is 11.6. The minimum absolute atomic E-state index is 0.0778. The molecular weight excluding hydrogens is 436 g/mol. The summed E-state index contributed by atoms with van der Waals surface area (Å²) in [6.45, 7) is 12.6. The van der Waals surface area contributed by atoms with Crippen LogP contribution in [0, 0.1) is 22.7 Å². The zero-order valence-electron chi connectivity index (χ0n) is 21.3. The highest BCUT2D eigenvalue weighted by Gasteiger charge is 2.40. The maximum atomic E-state index is 12.8. The zero-order chi connectivity index (χ0) is 25.8. The molecule has 0 amide bonds. The molecule has 0 radical (unpaired) electrons. The Kier molecular flexibility index (Phi) is 14.7. The first-order chi connectivity index (χ1) is 15.2. The Morgan fingerprint density at radius 2 is 1.79 bits per heavy atom. The average molecular weight is 481 g/mol. The topological polar surface area (TPSA) is 124 Å². The molecule has 0 heterocycles. The van der Waals surface area contributed by atoms with Crippen molar-refractivity contribution in [2.24, 2.45) is 23.0 Å². The molecule has 0 bridgehead atoms. The minimum Gasteiger partial charge on any atom is -0.392 e. The Morgan fingerprint density at radius 1 is 1.18 bits per heavy atom. The van der Waals surface area contributed by atoms with Gasteiger partial charge in [-0.3, -0.25) is 10.2 Å². The SMILES string of the molecule is CC(=N)S/C=C/C=C(\C)C(N)/C=C(/C)CCCC(C)C(O)C(C)C(=O)C(C)(C)C(O)CC=O. The normalized spacial score (nSPS) is 18.0. The lowest BCUT2D eigenvalue weighted by molar-refractivity contribution is -0.142. The number of thioether (sulfide) groups is 1. The molecule has 0 aromatic heterocycles. The summed E-state index contributed by atoms with van der Waals surface area (Å²) in [5.74, 6) is -0.938. The minimum atomic E-state index is -1.09. The number of aldehydes is 1. The number of nitrogens with one attached hydrogen (secondary N) is 1. The fourth-order valence-electron chi connectivity index (χ4n) is 3.62. The summed E-state index contributed by atoms with van der Waals surface area (Å²) in [6, 6.07) is -0.179. The van der Waals surface area contributed by atoms with Gasteiger partial charge in [0.25, 0.3) is 0 Å². The molecular formula is C26H44N2O4S. The Balaban J connectivity index is 4.76. The van der Waals surface area contributed by atoms with Crippen LogP contribution < -0.4 is 5.73 Å². The third kappa shape index (κ3) is 11.4. The van der Waals surface area contributed by atoms with E-state index < -0.39 is 23.5 Å². The Morgan fingerprint density at radius 3 is 2.33 bits per heavy atom. The smallest absolute Gasteiger partial charge is 0.146 e. The van der Waals surface area contributed by atoms with E-state index in [2.05, 4.69) is 0 Å². The first kappa shape index (κ1) is 31.5. The van der Waals surface area contributed by atoms with Crippen LogP contribution in [-0.2, 0) is 9.59 Å². The number of ketones is 1. The summed E-state index contributed by atoms with van der Waals surface area (Å²) in [5.41, 5.74) is 7.37. The molecule has 0 aromatic rings. The van der Waals surface area contributed by atoms with Crippen LogP contribution in [0.3, 0.4) is 0 Å². The van der Waals surface area contributed by atoms with Gasteiger partial charge >= 0.3 is 0 Å². The van der Waals surface area contributed by atoms with Gasteiger partial charge in [-0.1, -0.05) is 68.8 Å². The maximum Gasteiger partial charge on any atom is 0.146 e. The number of hydrogen-bond acceptors (Lipinski definition) is 7. The molecule has 0 aromatic carbocycles. The molecule has 0 aliphatic heterocycles. The summed E-state index contributed by atoms with van der Waals surface area (Å²) in [4.78, 5) is 23.5. The van der Waals surface area contributed by atoms with E-state index in [1.807, 2.05) is 44.4 Å². The van der Waals surface area contributed by atoms with E-state index >= 15 is 0 Å². The fourth-order valence-corrected chi connectivity index (χ4v) is 3.98. The monoisotopic (exact) mass is 480 g/mol. The van der Waals surface area contributed by atoms with E-state index in [9.17, 15) is 19.8 Å². The van der Waals surface area contributed by atoms with Crippen LogP contribution in [0.25, 0.3) is 0 Å². The summed E-state index contributed by atoms with van der Waals surface area (Å²) >= 11 is 1.36. The predicted molar refractivity (Wildman–Crippen MR) is 139 cm³/mol. The second kappa shape index (κ2) is 15.4. The Bertz CT molecular complexity index is 743. The lowest BCUT2D eigenvalue weighted by Gasteiger charge is -2.34. The van der Waals surface area contributed by atoms with E-state index in [0.29, 0.717) is 11.3 Å². The highest BCUT2D eigenvalue weighted by atomic mass is 32.2. The number of aliphatic hydroxyl groups excluding tert-OH is 2. The van der Waals surface area contributed by atoms with E-state index in [0.717, 1.165) is 24.8 Å². The highest BCUT2D eigenvalue weighted by Crippen LogP contribution is 2.31. The molecule has 0 aliphatic carbocycles. The van der Waals surface area contributed by atoms with Gasteiger partial charge in [0.1, 0.15) is 12.1 Å². The van der Waals surface area contributed by atoms with Crippen molar-refractivity contribution in [2.45, 2.75) is 92.4 Å². The van der Waals surface area contributed by atoms with Gasteiger partial charge in [-0.05, 0) is 51.4 Å². The van der Waals surface area contributed by atoms with E-state index in [4.69, 9.17) is 11.1 Å². The van der Waals surface area contributed by atoms with Crippen LogP contribution in [0.2, 0.25) is 0 Å². The number of hydrogen-bond donors (Lipinski definition) is 4. The van der Waals surface area contributed by atoms with Gasteiger partial charge in [0.05, 0.1) is 22.7 Å². The molecule has 0 fully saturated rings. The largest absolute Gasteiger partial charge is 0.392 e. The van der Waals surface area contributed by atoms with E-state index in [1.165, 1.54) is 17.3 Å². The van der Waals surface area contributed by atoms with Crippen molar-refractivity contribution < 1.29 is 19.8 Å². The molecule has 0 spiro atoms. The van der Waals surface area contributed by atoms with Crippen LogP contribution in [0.5, 0.6) is 0 Å². The number of carbonyl (C=O) groups excluding carboxylic acids is 2. The summed E-state index contributed by atoms with van der Waals surface area (Å²) < 4.78 is 0. The van der Waals surface area contributed by atoms with Crippen molar-refractivity contribution in [3.05, 3.63) is 34.8 Å². The molecule has 188 valence electrons. The van der Waals surface area contributed by atoms with Crippen LogP contribution in [-0.4, -0.2) is 45.6 Å². The van der Waals surface area contributed by atoms with Crippen molar-refractivity contribution in [2.75, 3.05) is 0 Å². The van der Waals surface area contributed by atoms with Gasteiger partial charge in [-0.25, -0.2) is 0 Å². The van der Waals surface area contributed by atoms with Crippen molar-refractivity contribution in [3.63, 3.8) is 0 Å². The van der Waals surface area contributed by atoms with Gasteiger partial charge in [0.15, 0.2) is 0 Å². The average Bonchev–Trinajstić information content (AvgIpc) is 2.74. The Labute approximate surface area is 204 Å². The quantitative estimate of drug-likeness (QED) is 0.0877. The van der Waals surface area contributed by atoms with Crippen LogP contribution >= 0.6 is 11.8 Å². The number of allylic oxidation sites excluding steroid dienone is 3. The van der Waals surface area contributed by atoms with E-state index in [-0.39, 0.29) is 24.2 Å². The van der Waals surface area contributed by atoms with Crippen LogP contribution in [0.4, 0.5) is 0 Å². The molecule has 5 atom stereocenters. The van der Waals surface area contributed by atoms with Gasteiger partial charge in [-0.2, -0.15) is 0 Å². The van der Waals surface area contributed by atoms with E-state index in [1.54, 1.807) is 27.7 Å². The summed E-state index contributed by atoms with van der Waals surface area (Å²) in [6.07, 6.45) is 7.00. The van der Waals surface area contributed by atoms with Crippen LogP contribution in [0.1, 0.15) is 74.1 Å². The third-order valence-corrected chi connectivity index (χ3v) is 6.85. The molecule has 0 saturated carbocycles. The van der Waals surface area contributed by atoms with Gasteiger partial charge in [0, 0.05) is 18.4 Å². The molecule has 0 saturated heterocycles. The molecule has 6 nitrogen and oxygen atoms in total. The lowest BCUT2D eigenvalue weighted by atomic mass is 9.73. The van der Waals surface area contributed by atoms with Crippen molar-refractivity contribution in [1.29, 1.82) is 5.41 Å². The Hall–Kier alpha value is -1.54. The second-order valence-corrected chi connectivity index (χ2v) is 10.7. The zero-order valence-corrected chi connectivity index (χ0v) is 22.1. The number of aliphatic hydroxyl groups is 2. The molecule has 5 unspecified atom stereocenters. The number of Topliss-reactive ketones (excluding diaryl/α,β-unsaturated/α-hetero) is 1. The predicted octanol–water partition coefficient (Wildman–Crippen LogP) is 4.80. The molecule has 5 N–H and O–H groups in total. The fraction of sp³-hybridized carbons (Fsp3) is 0.654. The molecule has 33 heavy (non-hydrogen) atoms. The van der Waals surface area contributed by atoms with Gasteiger partial charge < -0.3 is 20.7 Å². The summed E-state index contributed by atoms with van der Waals surface area (Å²) in [5, 5.41) is 30.6. The second-order valence-electron chi connectivity index (χ2n) is 9.60. The lowest BCUT2D eigenvalue weighted by Crippen LogP contribution is -2.44. The third-order valence-electron chi connectivity index (χ3n) is 6.20. The van der Waals surface area contributed by atoms with Gasteiger partial charge in [0.2, 0.25) is 0 Å². The number of nitrogens with two attached hydrogens (primary N) is 1. The maximum absolute atomic E-state index is 12.8. The first-order valence-corrected chi connectivity index (χ1v) is 12.5. The van der Waals surface area contributed by atoms with Crippen molar-refractivity contribution >= 4 is 28.9 Å². The molecule has 7 heteroatoms. The van der Waals surface area contributed by atoms with Crippen LogP contribution in [0.15, 0.2) is 34.8 Å². The summed E-state index contributed by atoms with van der Waals surface area (Å²) in [7, 11) is 0.